The largest absolute Gasteiger partial charge is 0.481 e. The Morgan fingerprint density at radius 3 is 2.87 bits per heavy atom. The number of hydrogen-bond acceptors (Lipinski definition) is 1. The lowest BCUT2D eigenvalue weighted by molar-refractivity contribution is -0.136. The predicted molar refractivity (Wildman–Crippen MR) is 57.3 cm³/mol. The van der Waals surface area contributed by atoms with Gasteiger partial charge in [-0.15, -0.1) is 0 Å². The molecule has 1 aromatic carbocycles. The van der Waals surface area contributed by atoms with Gasteiger partial charge in [-0.05, 0) is 24.1 Å². The van der Waals surface area contributed by atoms with Crippen LogP contribution in [0.5, 0.6) is 0 Å². The molecule has 0 aliphatic carbocycles. The fourth-order valence-electron chi connectivity index (χ4n) is 1.04. The average Bonchev–Trinajstić information content (AvgIpc) is 2.18. The molecule has 4 heteroatoms. The first-order valence-electron chi connectivity index (χ1n) is 4.43. The van der Waals surface area contributed by atoms with Crippen LogP contribution in [-0.2, 0) is 4.79 Å². The third-order valence-electron chi connectivity index (χ3n) is 1.78. The van der Waals surface area contributed by atoms with E-state index < -0.39 is 11.8 Å². The monoisotopic (exact) mass is 228 g/mol. The highest BCUT2D eigenvalue weighted by Gasteiger charge is 1.98. The predicted octanol–water partition coefficient (Wildman–Crippen LogP) is 3.36. The maximum absolute atomic E-state index is 12.8. The van der Waals surface area contributed by atoms with E-state index in [1.807, 2.05) is 0 Å². The van der Waals surface area contributed by atoms with Crippen molar-refractivity contribution in [3.63, 3.8) is 0 Å². The Labute approximate surface area is 92.0 Å². The molecule has 15 heavy (non-hydrogen) atoms. The van der Waals surface area contributed by atoms with Crippen LogP contribution >= 0.6 is 11.6 Å². The highest BCUT2D eigenvalue weighted by atomic mass is 35.5. The number of rotatable bonds is 4. The van der Waals surface area contributed by atoms with Crippen LogP contribution in [0.3, 0.4) is 0 Å². The summed E-state index contributed by atoms with van der Waals surface area (Å²) in [6.45, 7) is 0. The van der Waals surface area contributed by atoms with Gasteiger partial charge in [-0.1, -0.05) is 29.8 Å². The topological polar surface area (TPSA) is 37.3 Å². The Balaban J connectivity index is 2.57. The molecule has 0 saturated carbocycles. The van der Waals surface area contributed by atoms with Gasteiger partial charge in [0.1, 0.15) is 5.82 Å². The molecule has 0 spiro atoms. The smallest absolute Gasteiger partial charge is 0.303 e. The summed E-state index contributed by atoms with van der Waals surface area (Å²) in [7, 11) is 0. The first-order chi connectivity index (χ1) is 7.09. The summed E-state index contributed by atoms with van der Waals surface area (Å²) in [5, 5.41) is 8.45. The Bertz CT molecular complexity index is 388. The van der Waals surface area contributed by atoms with E-state index in [0.29, 0.717) is 6.42 Å². The minimum Gasteiger partial charge on any atom is -0.481 e. The van der Waals surface area contributed by atoms with Gasteiger partial charge >= 0.3 is 5.97 Å². The van der Waals surface area contributed by atoms with Crippen LogP contribution in [0.1, 0.15) is 18.4 Å². The summed E-state index contributed by atoms with van der Waals surface area (Å²) in [6, 6.07) is 4.35. The van der Waals surface area contributed by atoms with E-state index in [0.717, 1.165) is 5.56 Å². The number of aliphatic carboxylic acids is 1. The molecular formula is C11H10ClFO2. The van der Waals surface area contributed by atoms with Gasteiger partial charge in [0.2, 0.25) is 0 Å². The highest BCUT2D eigenvalue weighted by molar-refractivity contribution is 6.30. The van der Waals surface area contributed by atoms with Crippen LogP contribution in [0.4, 0.5) is 4.39 Å². The summed E-state index contributed by atoms with van der Waals surface area (Å²) in [6.07, 6.45) is 3.97. The zero-order valence-electron chi connectivity index (χ0n) is 7.91. The number of carboxylic acid groups (broad SMARTS) is 1. The summed E-state index contributed by atoms with van der Waals surface area (Å²) in [5.74, 6) is -1.30. The molecule has 0 aliphatic heterocycles. The molecule has 1 aromatic rings. The fourth-order valence-corrected chi connectivity index (χ4v) is 1.23. The molecule has 0 unspecified atom stereocenters. The molecule has 80 valence electrons. The van der Waals surface area contributed by atoms with Crippen molar-refractivity contribution in [1.82, 2.24) is 0 Å². The molecule has 2 nitrogen and oxygen atoms in total. The summed E-state index contributed by atoms with van der Waals surface area (Å²) in [5.41, 5.74) is 0.756. The van der Waals surface area contributed by atoms with Gasteiger partial charge in [-0.3, -0.25) is 4.79 Å². The summed E-state index contributed by atoms with van der Waals surface area (Å²) < 4.78 is 12.8. The van der Waals surface area contributed by atoms with Gasteiger partial charge in [0.05, 0.1) is 5.02 Å². The Kier molecular flexibility index (Phi) is 4.31. The van der Waals surface area contributed by atoms with Crippen molar-refractivity contribution < 1.29 is 14.3 Å². The molecule has 0 aromatic heterocycles. The number of halogens is 2. The Morgan fingerprint density at radius 2 is 2.27 bits per heavy atom. The summed E-state index contributed by atoms with van der Waals surface area (Å²) in [4.78, 5) is 10.2. The number of allylic oxidation sites excluding steroid dienone is 1. The van der Waals surface area contributed by atoms with E-state index >= 15 is 0 Å². The second kappa shape index (κ2) is 5.51. The lowest BCUT2D eigenvalue weighted by Gasteiger charge is -1.96. The van der Waals surface area contributed by atoms with E-state index in [1.54, 1.807) is 18.2 Å². The van der Waals surface area contributed by atoms with E-state index in [-0.39, 0.29) is 11.4 Å². The standard InChI is InChI=1S/C11H10ClFO2/c12-9-7-8(5-6-10(9)13)3-1-2-4-11(14)15/h1,3,5-7H,2,4H2,(H,14,15). The molecule has 0 heterocycles. The van der Waals surface area contributed by atoms with E-state index in [9.17, 15) is 9.18 Å². The van der Waals surface area contributed by atoms with E-state index in [1.165, 1.54) is 12.1 Å². The molecule has 0 radical (unpaired) electrons. The first kappa shape index (κ1) is 11.7. The molecule has 0 saturated heterocycles. The van der Waals surface area contributed by atoms with Gasteiger partial charge in [-0.25, -0.2) is 4.39 Å². The van der Waals surface area contributed by atoms with Crippen molar-refractivity contribution in [2.45, 2.75) is 12.8 Å². The van der Waals surface area contributed by atoms with Crippen LogP contribution < -0.4 is 0 Å². The van der Waals surface area contributed by atoms with Crippen molar-refractivity contribution in [2.24, 2.45) is 0 Å². The van der Waals surface area contributed by atoms with Crippen molar-refractivity contribution in [3.8, 4) is 0 Å². The number of benzene rings is 1. The Hall–Kier alpha value is -1.35. The Morgan fingerprint density at radius 1 is 1.53 bits per heavy atom. The quantitative estimate of drug-likeness (QED) is 0.858. The molecular weight excluding hydrogens is 219 g/mol. The third-order valence-corrected chi connectivity index (χ3v) is 2.07. The highest BCUT2D eigenvalue weighted by Crippen LogP contribution is 2.17. The zero-order chi connectivity index (χ0) is 11.3. The van der Waals surface area contributed by atoms with Crippen molar-refractivity contribution >= 4 is 23.6 Å². The van der Waals surface area contributed by atoms with Crippen molar-refractivity contribution in [2.75, 3.05) is 0 Å². The molecule has 0 amide bonds. The lowest BCUT2D eigenvalue weighted by atomic mass is 10.2. The van der Waals surface area contributed by atoms with Crippen LogP contribution in [0.2, 0.25) is 5.02 Å². The molecule has 0 bridgehead atoms. The van der Waals surface area contributed by atoms with Crippen LogP contribution in [0.15, 0.2) is 24.3 Å². The number of hydrogen-bond donors (Lipinski definition) is 1. The SMILES string of the molecule is O=C(O)CCC=Cc1ccc(F)c(Cl)c1. The van der Waals surface area contributed by atoms with Crippen molar-refractivity contribution in [1.29, 1.82) is 0 Å². The lowest BCUT2D eigenvalue weighted by Crippen LogP contribution is -1.91. The van der Waals surface area contributed by atoms with E-state index in [2.05, 4.69) is 0 Å². The maximum Gasteiger partial charge on any atom is 0.303 e. The number of carbonyl (C=O) groups is 1. The molecule has 1 N–H and O–H groups in total. The van der Waals surface area contributed by atoms with Crippen LogP contribution in [-0.4, -0.2) is 11.1 Å². The third kappa shape index (κ3) is 4.13. The minimum absolute atomic E-state index is 0.0652. The minimum atomic E-state index is -0.836. The van der Waals surface area contributed by atoms with Gasteiger partial charge in [0.25, 0.3) is 0 Å². The van der Waals surface area contributed by atoms with E-state index in [4.69, 9.17) is 16.7 Å². The molecule has 1 rings (SSSR count). The summed E-state index contributed by atoms with van der Waals surface area (Å²) >= 11 is 5.57. The van der Waals surface area contributed by atoms with Crippen molar-refractivity contribution in [3.05, 3.63) is 40.7 Å². The molecule has 0 fully saturated rings. The fraction of sp³-hybridized carbons (Fsp3) is 0.182. The first-order valence-corrected chi connectivity index (χ1v) is 4.81. The van der Waals surface area contributed by atoms with Crippen LogP contribution in [0.25, 0.3) is 6.08 Å². The van der Waals surface area contributed by atoms with Gasteiger partial charge in [0, 0.05) is 6.42 Å². The van der Waals surface area contributed by atoms with Gasteiger partial charge < -0.3 is 5.11 Å². The van der Waals surface area contributed by atoms with Gasteiger partial charge in [-0.2, -0.15) is 0 Å². The zero-order valence-corrected chi connectivity index (χ0v) is 8.67. The van der Waals surface area contributed by atoms with Crippen LogP contribution in [0, 0.1) is 5.82 Å². The average molecular weight is 229 g/mol. The normalized spacial score (nSPS) is 10.8. The van der Waals surface area contributed by atoms with Gasteiger partial charge in [0.15, 0.2) is 0 Å². The second-order valence-corrected chi connectivity index (χ2v) is 3.42. The second-order valence-electron chi connectivity index (χ2n) is 3.01. The number of carboxylic acids is 1. The maximum atomic E-state index is 12.8. The molecule has 0 aliphatic rings. The molecule has 0 atom stereocenters.